The van der Waals surface area contributed by atoms with Crippen molar-refractivity contribution < 1.29 is 0 Å². The zero-order valence-electron chi connectivity index (χ0n) is 6.86. The van der Waals surface area contributed by atoms with E-state index in [-0.39, 0.29) is 7.92 Å². The van der Waals surface area contributed by atoms with Gasteiger partial charge in [-0.05, 0) is 27.6 Å². The van der Waals surface area contributed by atoms with E-state index >= 15 is 0 Å². The molecule has 0 saturated carbocycles. The molecule has 0 saturated heterocycles. The molecule has 0 N–H and O–H groups in total. The lowest BCUT2D eigenvalue weighted by Crippen LogP contribution is -1.72. The molecule has 0 amide bonds. The lowest BCUT2D eigenvalue weighted by molar-refractivity contribution is 1.52. The smallest absolute Gasteiger partial charge is 0.0663 e. The van der Waals surface area contributed by atoms with Gasteiger partial charge >= 0.3 is 0 Å². The molecule has 1 aliphatic heterocycles. The fourth-order valence-corrected chi connectivity index (χ4v) is 1.97. The summed E-state index contributed by atoms with van der Waals surface area (Å²) in [5.41, 5.74) is 1.19. The molecule has 11 heavy (non-hydrogen) atoms. The summed E-state index contributed by atoms with van der Waals surface area (Å²) in [7, 11) is -0.167. The first-order valence-electron chi connectivity index (χ1n) is 3.61. The van der Waals surface area contributed by atoms with Crippen molar-refractivity contribution in [3.05, 3.63) is 35.6 Å². The first-order valence-corrected chi connectivity index (χ1v) is 5.47. The van der Waals surface area contributed by atoms with Crippen LogP contribution < -0.4 is 0 Å². The third kappa shape index (κ3) is 2.44. The molecule has 58 valence electrons. The van der Waals surface area contributed by atoms with Gasteiger partial charge in [-0.2, -0.15) is 0 Å². The van der Waals surface area contributed by atoms with Gasteiger partial charge in [-0.3, -0.25) is 4.99 Å². The molecule has 0 spiro atoms. The molecule has 0 aromatic carbocycles. The second-order valence-corrected chi connectivity index (χ2v) is 4.23. The Morgan fingerprint density at radius 3 is 2.91 bits per heavy atom. The van der Waals surface area contributed by atoms with Gasteiger partial charge in [0.25, 0.3) is 0 Å². The zero-order valence-corrected chi connectivity index (χ0v) is 7.75. The Hall–Kier alpha value is -0.680. The van der Waals surface area contributed by atoms with E-state index in [0.29, 0.717) is 0 Å². The molecule has 0 radical (unpaired) electrons. The zero-order chi connectivity index (χ0) is 8.10. The maximum atomic E-state index is 4.29. The van der Waals surface area contributed by atoms with Crippen molar-refractivity contribution in [3.63, 3.8) is 0 Å². The molecule has 1 heterocycles. The van der Waals surface area contributed by atoms with Gasteiger partial charge in [-0.1, -0.05) is 24.0 Å². The van der Waals surface area contributed by atoms with Gasteiger partial charge in [0.1, 0.15) is 0 Å². The summed E-state index contributed by atoms with van der Waals surface area (Å²) < 4.78 is 0. The van der Waals surface area contributed by atoms with Crippen LogP contribution in [0.15, 0.2) is 40.6 Å². The van der Waals surface area contributed by atoms with Crippen LogP contribution in [0.25, 0.3) is 0 Å². The Kier molecular flexibility index (Phi) is 3.25. The lowest BCUT2D eigenvalue weighted by Gasteiger charge is -2.04. The van der Waals surface area contributed by atoms with Gasteiger partial charge in [0, 0.05) is 6.21 Å². The third-order valence-electron chi connectivity index (χ3n) is 1.40. The molecular formula is C9H12NP. The maximum absolute atomic E-state index is 4.29. The van der Waals surface area contributed by atoms with Gasteiger partial charge in [0.15, 0.2) is 0 Å². The van der Waals surface area contributed by atoms with Gasteiger partial charge in [-0.15, -0.1) is 0 Å². The number of rotatable bonds is 1. The van der Waals surface area contributed by atoms with Crippen LogP contribution in [0.1, 0.15) is 6.92 Å². The SMILES string of the molecule is CC=NC1=CC=CC=CP1C. The molecule has 0 fully saturated rings. The van der Waals surface area contributed by atoms with Crippen LogP contribution in [-0.2, 0) is 0 Å². The minimum Gasteiger partial charge on any atom is -0.261 e. The highest BCUT2D eigenvalue weighted by molar-refractivity contribution is 7.64. The number of nitrogens with zero attached hydrogens (tertiary/aromatic N) is 1. The summed E-state index contributed by atoms with van der Waals surface area (Å²) in [4.78, 5) is 4.29. The van der Waals surface area contributed by atoms with E-state index in [0.717, 1.165) is 0 Å². The van der Waals surface area contributed by atoms with Crippen LogP contribution >= 0.6 is 7.92 Å². The molecule has 0 aromatic heterocycles. The number of aliphatic imine (C=N–C) groups is 1. The Labute approximate surface area is 69.0 Å². The van der Waals surface area contributed by atoms with Gasteiger partial charge in [0.05, 0.1) is 5.44 Å². The summed E-state index contributed by atoms with van der Waals surface area (Å²) in [6.07, 6.45) is 10.1. The first-order chi connectivity index (χ1) is 5.34. The predicted octanol–water partition coefficient (Wildman–Crippen LogP) is 3.11. The number of hydrogen-bond acceptors (Lipinski definition) is 1. The van der Waals surface area contributed by atoms with Crippen molar-refractivity contribution in [1.82, 2.24) is 0 Å². The maximum Gasteiger partial charge on any atom is 0.0663 e. The third-order valence-corrected chi connectivity index (χ3v) is 3.01. The summed E-state index contributed by atoms with van der Waals surface area (Å²) >= 11 is 0. The molecule has 0 aliphatic carbocycles. The van der Waals surface area contributed by atoms with E-state index in [2.05, 4.69) is 29.6 Å². The monoisotopic (exact) mass is 165 g/mol. The fraction of sp³-hybridized carbons (Fsp3) is 0.222. The Morgan fingerprint density at radius 1 is 1.36 bits per heavy atom. The summed E-state index contributed by atoms with van der Waals surface area (Å²) in [5.74, 6) is 2.21. The summed E-state index contributed by atoms with van der Waals surface area (Å²) in [6.45, 7) is 4.15. The molecule has 0 aromatic rings. The molecule has 0 bridgehead atoms. The van der Waals surface area contributed by atoms with E-state index in [1.807, 2.05) is 25.3 Å². The first kappa shape index (κ1) is 8.42. The van der Waals surface area contributed by atoms with Crippen LogP contribution in [0, 0.1) is 0 Å². The quantitative estimate of drug-likeness (QED) is 0.418. The highest BCUT2D eigenvalue weighted by Gasteiger charge is 2.01. The molecule has 1 unspecified atom stereocenters. The minimum absolute atomic E-state index is 0.167. The highest BCUT2D eigenvalue weighted by atomic mass is 31.1. The second-order valence-electron chi connectivity index (χ2n) is 2.25. The molecule has 1 aliphatic rings. The van der Waals surface area contributed by atoms with E-state index < -0.39 is 0 Å². The molecule has 1 atom stereocenters. The average molecular weight is 165 g/mol. The van der Waals surface area contributed by atoms with E-state index in [9.17, 15) is 0 Å². The average Bonchev–Trinajstić information content (AvgIpc) is 2.18. The van der Waals surface area contributed by atoms with Crippen LogP contribution in [0.5, 0.6) is 0 Å². The van der Waals surface area contributed by atoms with Crippen molar-refractivity contribution in [2.45, 2.75) is 6.92 Å². The van der Waals surface area contributed by atoms with Crippen LogP contribution in [-0.4, -0.2) is 12.9 Å². The Morgan fingerprint density at radius 2 is 2.18 bits per heavy atom. The summed E-state index contributed by atoms with van der Waals surface area (Å²) in [5, 5.41) is 0. The fourth-order valence-electron chi connectivity index (χ4n) is 0.845. The normalized spacial score (nSPS) is 23.8. The predicted molar refractivity (Wildman–Crippen MR) is 53.4 cm³/mol. The van der Waals surface area contributed by atoms with Crippen LogP contribution in [0.2, 0.25) is 0 Å². The number of hydrogen-bond donors (Lipinski definition) is 0. The van der Waals surface area contributed by atoms with E-state index in [1.54, 1.807) is 0 Å². The Balaban J connectivity index is 2.83. The molecule has 1 rings (SSSR count). The van der Waals surface area contributed by atoms with E-state index in [4.69, 9.17) is 0 Å². The summed E-state index contributed by atoms with van der Waals surface area (Å²) in [6, 6.07) is 0. The largest absolute Gasteiger partial charge is 0.261 e. The second kappa shape index (κ2) is 4.25. The Bertz CT molecular complexity index is 236. The van der Waals surface area contributed by atoms with E-state index in [1.165, 1.54) is 5.44 Å². The molecule has 1 nitrogen and oxygen atoms in total. The van der Waals surface area contributed by atoms with Crippen molar-refractivity contribution in [1.29, 1.82) is 0 Å². The highest BCUT2D eigenvalue weighted by Crippen LogP contribution is 2.43. The molecular weight excluding hydrogens is 153 g/mol. The van der Waals surface area contributed by atoms with Crippen molar-refractivity contribution in [2.24, 2.45) is 4.99 Å². The lowest BCUT2D eigenvalue weighted by atomic mass is 10.5. The minimum atomic E-state index is -0.167. The van der Waals surface area contributed by atoms with Gasteiger partial charge < -0.3 is 0 Å². The molecule has 2 heteroatoms. The van der Waals surface area contributed by atoms with Crippen LogP contribution in [0.4, 0.5) is 0 Å². The van der Waals surface area contributed by atoms with Crippen molar-refractivity contribution in [2.75, 3.05) is 6.66 Å². The van der Waals surface area contributed by atoms with Crippen LogP contribution in [0.3, 0.4) is 0 Å². The van der Waals surface area contributed by atoms with Gasteiger partial charge in [0.2, 0.25) is 0 Å². The van der Waals surface area contributed by atoms with Crippen molar-refractivity contribution in [3.8, 4) is 0 Å². The standard InChI is InChI=1S/C9H12NP/c1-3-10-9-7-5-4-6-8-11(9)2/h3-8H,1-2H3. The number of allylic oxidation sites excluding steroid dienone is 4. The van der Waals surface area contributed by atoms with Gasteiger partial charge in [-0.25, -0.2) is 0 Å². The topological polar surface area (TPSA) is 12.4 Å². The van der Waals surface area contributed by atoms with Crippen molar-refractivity contribution >= 4 is 14.1 Å².